The minimum atomic E-state index is -4.33. The summed E-state index contributed by atoms with van der Waals surface area (Å²) in [5.41, 5.74) is 0. The first-order valence-corrected chi connectivity index (χ1v) is 11.7. The van der Waals surface area contributed by atoms with E-state index in [1.54, 1.807) is 6.92 Å². The van der Waals surface area contributed by atoms with E-state index in [0.717, 1.165) is 44.6 Å². The number of hydrogen-bond donors (Lipinski definition) is 3. The number of phosphoric acid groups is 1. The van der Waals surface area contributed by atoms with Gasteiger partial charge in [0.15, 0.2) is 8.32 Å². The fraction of sp³-hybridized carbons (Fsp3) is 1.00. The normalized spacial score (nSPS) is 14.6. The van der Waals surface area contributed by atoms with Crippen molar-refractivity contribution in [1.29, 1.82) is 0 Å². The van der Waals surface area contributed by atoms with Crippen molar-refractivity contribution in [2.75, 3.05) is 0 Å². The van der Waals surface area contributed by atoms with Gasteiger partial charge >= 0.3 is 7.82 Å². The highest BCUT2D eigenvalue weighted by Crippen LogP contribution is 2.38. The lowest BCUT2D eigenvalue weighted by Crippen LogP contribution is -2.23. The lowest BCUT2D eigenvalue weighted by Gasteiger charge is -2.14. The van der Waals surface area contributed by atoms with Crippen molar-refractivity contribution in [1.82, 2.24) is 0 Å². The molecule has 7 heteroatoms. The first-order valence-electron chi connectivity index (χ1n) is 7.06. The van der Waals surface area contributed by atoms with Crippen molar-refractivity contribution >= 4 is 16.1 Å². The van der Waals surface area contributed by atoms with Gasteiger partial charge in [-0.1, -0.05) is 38.5 Å². The van der Waals surface area contributed by atoms with E-state index in [4.69, 9.17) is 9.79 Å². The Hall–Kier alpha value is 0.287. The van der Waals surface area contributed by atoms with Gasteiger partial charge in [-0.3, -0.25) is 4.52 Å². The van der Waals surface area contributed by atoms with Crippen molar-refractivity contribution in [2.45, 2.75) is 77.1 Å². The Morgan fingerprint density at radius 1 is 1.05 bits per heavy atom. The average molecular weight is 312 g/mol. The highest BCUT2D eigenvalue weighted by atomic mass is 31.2. The van der Waals surface area contributed by atoms with Crippen molar-refractivity contribution in [2.24, 2.45) is 0 Å². The third-order valence-electron chi connectivity index (χ3n) is 2.97. The zero-order valence-corrected chi connectivity index (χ0v) is 14.2. The summed E-state index contributed by atoms with van der Waals surface area (Å²) in [6, 6.07) is 0.972. The standard InChI is InChI=1S/C12H29O5PSi/c1-12(17-18(13,14)15)10-8-6-4-5-7-9-11-19(2,3)16/h12,16H,4-11H2,1-3H3,(H2,13,14,15). The molecule has 0 radical (unpaired) electrons. The van der Waals surface area contributed by atoms with E-state index in [0.29, 0.717) is 6.42 Å². The molecule has 0 spiro atoms. The molecule has 0 aliphatic rings. The van der Waals surface area contributed by atoms with Crippen LogP contribution in [-0.2, 0) is 9.09 Å². The molecule has 0 bridgehead atoms. The fourth-order valence-corrected chi connectivity index (χ4v) is 3.67. The lowest BCUT2D eigenvalue weighted by atomic mass is 10.1. The molecule has 116 valence electrons. The second kappa shape index (κ2) is 9.26. The molecule has 0 heterocycles. The number of hydrogen-bond acceptors (Lipinski definition) is 3. The summed E-state index contributed by atoms with van der Waals surface area (Å²) in [6.45, 7) is 5.62. The highest BCUT2D eigenvalue weighted by molar-refractivity contribution is 7.46. The Bertz CT molecular complexity index is 274. The lowest BCUT2D eigenvalue weighted by molar-refractivity contribution is 0.136. The van der Waals surface area contributed by atoms with Gasteiger partial charge in [-0.25, -0.2) is 4.57 Å². The van der Waals surface area contributed by atoms with Crippen LogP contribution in [-0.4, -0.2) is 29.0 Å². The topological polar surface area (TPSA) is 87.0 Å². The van der Waals surface area contributed by atoms with Gasteiger partial charge in [-0.05, 0) is 32.5 Å². The molecule has 3 N–H and O–H groups in total. The van der Waals surface area contributed by atoms with Gasteiger partial charge in [0.25, 0.3) is 0 Å². The quantitative estimate of drug-likeness (QED) is 0.309. The summed E-state index contributed by atoms with van der Waals surface area (Å²) in [6.07, 6.45) is 6.85. The van der Waals surface area contributed by atoms with Gasteiger partial charge in [-0.2, -0.15) is 0 Å². The Morgan fingerprint density at radius 3 is 2.00 bits per heavy atom. The molecule has 19 heavy (non-hydrogen) atoms. The maximum absolute atomic E-state index is 10.6. The van der Waals surface area contributed by atoms with E-state index in [1.165, 1.54) is 0 Å². The highest BCUT2D eigenvalue weighted by Gasteiger charge is 2.18. The van der Waals surface area contributed by atoms with E-state index in [2.05, 4.69) is 4.52 Å². The molecule has 0 fully saturated rings. The van der Waals surface area contributed by atoms with Crippen molar-refractivity contribution in [3.8, 4) is 0 Å². The molecule has 5 nitrogen and oxygen atoms in total. The van der Waals surface area contributed by atoms with Crippen LogP contribution >= 0.6 is 7.82 Å². The van der Waals surface area contributed by atoms with Crippen LogP contribution in [0.3, 0.4) is 0 Å². The van der Waals surface area contributed by atoms with Gasteiger partial charge in [0.05, 0.1) is 6.10 Å². The molecule has 0 amide bonds. The van der Waals surface area contributed by atoms with Crippen molar-refractivity contribution in [3.05, 3.63) is 0 Å². The van der Waals surface area contributed by atoms with E-state index < -0.39 is 16.1 Å². The molecular weight excluding hydrogens is 283 g/mol. The summed E-state index contributed by atoms with van der Waals surface area (Å²) in [5, 5.41) is 0. The summed E-state index contributed by atoms with van der Waals surface area (Å²) >= 11 is 0. The van der Waals surface area contributed by atoms with Gasteiger partial charge in [0.1, 0.15) is 0 Å². The SMILES string of the molecule is CC(CCCCCCCC[Si](C)(C)O)OP(=O)(O)O. The van der Waals surface area contributed by atoms with Crippen LogP contribution in [0, 0.1) is 0 Å². The predicted octanol–water partition coefficient (Wildman–Crippen LogP) is 3.41. The fourth-order valence-electron chi connectivity index (χ4n) is 1.98. The molecule has 0 saturated carbocycles. The Kier molecular flexibility index (Phi) is 9.40. The van der Waals surface area contributed by atoms with Crippen LogP contribution in [0.25, 0.3) is 0 Å². The predicted molar refractivity (Wildman–Crippen MR) is 79.4 cm³/mol. The molecule has 0 aromatic rings. The van der Waals surface area contributed by atoms with Crippen LogP contribution in [0.15, 0.2) is 0 Å². The van der Waals surface area contributed by atoms with E-state index in [9.17, 15) is 9.36 Å². The molecule has 0 aromatic carbocycles. The second-order valence-corrected chi connectivity index (χ2v) is 11.2. The van der Waals surface area contributed by atoms with Crippen LogP contribution < -0.4 is 0 Å². The maximum atomic E-state index is 10.6. The summed E-state index contributed by atoms with van der Waals surface area (Å²) in [7, 11) is -6.19. The number of rotatable bonds is 11. The van der Waals surface area contributed by atoms with Crippen LogP contribution in [0.2, 0.25) is 19.1 Å². The molecular formula is C12H29O5PSi. The summed E-state index contributed by atoms with van der Waals surface area (Å²) < 4.78 is 15.1. The van der Waals surface area contributed by atoms with Gasteiger partial charge < -0.3 is 14.6 Å². The average Bonchev–Trinajstić information content (AvgIpc) is 2.17. The molecule has 0 saturated heterocycles. The third-order valence-corrected chi connectivity index (χ3v) is 5.18. The third kappa shape index (κ3) is 16.2. The van der Waals surface area contributed by atoms with Crippen LogP contribution in [0.1, 0.15) is 51.9 Å². The molecule has 1 unspecified atom stereocenters. The first-order chi connectivity index (χ1) is 8.60. The largest absolute Gasteiger partial charge is 0.469 e. The minimum Gasteiger partial charge on any atom is -0.432 e. The number of phosphoric ester groups is 1. The molecule has 0 aromatic heterocycles. The smallest absolute Gasteiger partial charge is 0.432 e. The molecule has 1 atom stereocenters. The Labute approximate surface area is 117 Å². The van der Waals surface area contributed by atoms with Crippen LogP contribution in [0.5, 0.6) is 0 Å². The first kappa shape index (κ1) is 19.3. The summed E-state index contributed by atoms with van der Waals surface area (Å²) in [5.74, 6) is 0. The van der Waals surface area contributed by atoms with Gasteiger partial charge in [-0.15, -0.1) is 0 Å². The van der Waals surface area contributed by atoms with Crippen LogP contribution in [0.4, 0.5) is 0 Å². The molecule has 0 rings (SSSR count). The molecule has 0 aliphatic heterocycles. The summed E-state index contributed by atoms with van der Waals surface area (Å²) in [4.78, 5) is 26.9. The van der Waals surface area contributed by atoms with E-state index in [1.807, 2.05) is 13.1 Å². The van der Waals surface area contributed by atoms with Gasteiger partial charge in [0, 0.05) is 0 Å². The minimum absolute atomic E-state index is 0.387. The monoisotopic (exact) mass is 312 g/mol. The number of unbranched alkanes of at least 4 members (excludes halogenated alkanes) is 5. The van der Waals surface area contributed by atoms with E-state index >= 15 is 0 Å². The molecule has 0 aliphatic carbocycles. The zero-order valence-electron chi connectivity index (χ0n) is 12.3. The second-order valence-electron chi connectivity index (χ2n) is 5.88. The Morgan fingerprint density at radius 2 is 1.53 bits per heavy atom. The van der Waals surface area contributed by atoms with Crippen molar-refractivity contribution in [3.63, 3.8) is 0 Å². The van der Waals surface area contributed by atoms with E-state index in [-0.39, 0.29) is 6.10 Å². The maximum Gasteiger partial charge on any atom is 0.469 e. The van der Waals surface area contributed by atoms with Gasteiger partial charge in [0.2, 0.25) is 0 Å². The Balaban J connectivity index is 3.34. The van der Waals surface area contributed by atoms with Crippen molar-refractivity contribution < 1.29 is 23.7 Å². The zero-order chi connectivity index (χ0) is 14.9.